The summed E-state index contributed by atoms with van der Waals surface area (Å²) in [5, 5.41) is 6.89. The Balaban J connectivity index is 1.53. The molecule has 1 aromatic heterocycles. The van der Waals surface area contributed by atoms with Gasteiger partial charge in [0, 0.05) is 31.4 Å². The molecule has 2 heterocycles. The molecule has 0 atom stereocenters. The molecule has 0 saturated heterocycles. The average molecular weight is 396 g/mol. The zero-order valence-corrected chi connectivity index (χ0v) is 15.4. The molecule has 1 aliphatic rings. The summed E-state index contributed by atoms with van der Waals surface area (Å²) < 4.78 is 28.0. The Labute approximate surface area is 165 Å². The number of hydrogen-bond acceptors (Lipinski definition) is 3. The van der Waals surface area contributed by atoms with Crippen molar-refractivity contribution in [1.82, 2.24) is 14.7 Å². The van der Waals surface area contributed by atoms with Crippen LogP contribution >= 0.6 is 0 Å². The standard InChI is InChI=1S/C21H18F2N4O2/c22-15-5-7-17(8-6-15)24-20(28)18-12-19-21(29)26(9-2-10-27(19)25-18)13-14-3-1-4-16(23)11-14/h1,3-8,11-12H,2,9-10,13H2,(H,24,28). The number of amides is 2. The van der Waals surface area contributed by atoms with Crippen LogP contribution in [0.3, 0.4) is 0 Å². The summed E-state index contributed by atoms with van der Waals surface area (Å²) in [4.78, 5) is 27.0. The molecular formula is C21H18F2N4O2. The Morgan fingerprint density at radius 2 is 1.83 bits per heavy atom. The molecule has 4 rings (SSSR count). The van der Waals surface area contributed by atoms with E-state index in [2.05, 4.69) is 10.4 Å². The smallest absolute Gasteiger partial charge is 0.276 e. The lowest BCUT2D eigenvalue weighted by Gasteiger charge is -2.20. The van der Waals surface area contributed by atoms with Crippen molar-refractivity contribution in [3.8, 4) is 0 Å². The van der Waals surface area contributed by atoms with Gasteiger partial charge in [-0.1, -0.05) is 12.1 Å². The molecule has 1 N–H and O–H groups in total. The fourth-order valence-corrected chi connectivity index (χ4v) is 3.28. The number of carbonyl (C=O) groups is 2. The van der Waals surface area contributed by atoms with Crippen molar-refractivity contribution < 1.29 is 18.4 Å². The van der Waals surface area contributed by atoms with Gasteiger partial charge in [0.2, 0.25) is 0 Å². The molecule has 0 saturated carbocycles. The first-order chi connectivity index (χ1) is 14.0. The van der Waals surface area contributed by atoms with Crippen LogP contribution in [0.4, 0.5) is 14.5 Å². The highest BCUT2D eigenvalue weighted by Gasteiger charge is 2.26. The third-order valence-corrected chi connectivity index (χ3v) is 4.68. The van der Waals surface area contributed by atoms with Crippen molar-refractivity contribution in [2.24, 2.45) is 0 Å². The molecule has 0 spiro atoms. The molecule has 8 heteroatoms. The number of aryl methyl sites for hydroxylation is 1. The summed E-state index contributed by atoms with van der Waals surface area (Å²) in [7, 11) is 0. The van der Waals surface area contributed by atoms with Gasteiger partial charge in [0.1, 0.15) is 17.3 Å². The number of halogens is 2. The van der Waals surface area contributed by atoms with Gasteiger partial charge < -0.3 is 10.2 Å². The first-order valence-corrected chi connectivity index (χ1v) is 9.18. The van der Waals surface area contributed by atoms with Gasteiger partial charge in [-0.05, 0) is 48.4 Å². The molecule has 148 valence electrons. The van der Waals surface area contributed by atoms with E-state index in [9.17, 15) is 18.4 Å². The van der Waals surface area contributed by atoms with E-state index in [0.717, 1.165) is 0 Å². The minimum Gasteiger partial charge on any atom is -0.333 e. The number of carbonyl (C=O) groups excluding carboxylic acids is 2. The maximum atomic E-state index is 13.4. The Morgan fingerprint density at radius 1 is 1.03 bits per heavy atom. The highest BCUT2D eigenvalue weighted by molar-refractivity contribution is 6.04. The van der Waals surface area contributed by atoms with E-state index in [1.165, 1.54) is 47.1 Å². The molecule has 1 aliphatic heterocycles. The third-order valence-electron chi connectivity index (χ3n) is 4.68. The summed E-state index contributed by atoms with van der Waals surface area (Å²) in [5.41, 5.74) is 1.53. The maximum Gasteiger partial charge on any atom is 0.276 e. The lowest BCUT2D eigenvalue weighted by Crippen LogP contribution is -2.30. The number of fused-ring (bicyclic) bond motifs is 1. The molecule has 2 aromatic carbocycles. The maximum absolute atomic E-state index is 13.4. The number of aromatic nitrogens is 2. The van der Waals surface area contributed by atoms with Gasteiger partial charge in [-0.15, -0.1) is 0 Å². The largest absolute Gasteiger partial charge is 0.333 e. The molecule has 0 aliphatic carbocycles. The number of anilines is 1. The molecule has 0 radical (unpaired) electrons. The Kier molecular flexibility index (Phi) is 5.07. The zero-order valence-electron chi connectivity index (χ0n) is 15.4. The van der Waals surface area contributed by atoms with E-state index in [1.54, 1.807) is 17.0 Å². The van der Waals surface area contributed by atoms with Gasteiger partial charge in [-0.2, -0.15) is 5.10 Å². The van der Waals surface area contributed by atoms with Crippen LogP contribution in [0.15, 0.2) is 54.6 Å². The van der Waals surface area contributed by atoms with Crippen molar-refractivity contribution >= 4 is 17.5 Å². The van der Waals surface area contributed by atoms with E-state index in [0.29, 0.717) is 36.5 Å². The van der Waals surface area contributed by atoms with Gasteiger partial charge in [0.25, 0.3) is 11.8 Å². The van der Waals surface area contributed by atoms with Crippen molar-refractivity contribution in [2.45, 2.75) is 19.5 Å². The molecule has 29 heavy (non-hydrogen) atoms. The molecule has 0 unspecified atom stereocenters. The second-order valence-electron chi connectivity index (χ2n) is 6.81. The SMILES string of the molecule is O=C(Nc1ccc(F)cc1)c1cc2n(n1)CCCN(Cc1cccc(F)c1)C2=O. The van der Waals surface area contributed by atoms with Crippen molar-refractivity contribution in [3.63, 3.8) is 0 Å². The molecular weight excluding hydrogens is 378 g/mol. The highest BCUT2D eigenvalue weighted by Crippen LogP contribution is 2.18. The van der Waals surface area contributed by atoms with Gasteiger partial charge in [-0.25, -0.2) is 8.78 Å². The van der Waals surface area contributed by atoms with Gasteiger partial charge in [0.05, 0.1) is 0 Å². The molecule has 3 aromatic rings. The van der Waals surface area contributed by atoms with E-state index in [4.69, 9.17) is 0 Å². The quantitative estimate of drug-likeness (QED) is 0.735. The van der Waals surface area contributed by atoms with E-state index < -0.39 is 11.7 Å². The predicted octanol–water partition coefficient (Wildman–Crippen LogP) is 3.46. The number of nitrogens with one attached hydrogen (secondary N) is 1. The normalized spacial score (nSPS) is 13.7. The average Bonchev–Trinajstić information content (AvgIpc) is 3.07. The van der Waals surface area contributed by atoms with Crippen LogP contribution in [0.2, 0.25) is 0 Å². The van der Waals surface area contributed by atoms with Crippen LogP contribution in [0, 0.1) is 11.6 Å². The van der Waals surface area contributed by atoms with Crippen LogP contribution < -0.4 is 5.32 Å². The van der Waals surface area contributed by atoms with Crippen LogP contribution in [0.5, 0.6) is 0 Å². The van der Waals surface area contributed by atoms with E-state index in [1.807, 2.05) is 0 Å². The van der Waals surface area contributed by atoms with E-state index >= 15 is 0 Å². The second kappa shape index (κ2) is 7.83. The first kappa shape index (κ1) is 18.8. The first-order valence-electron chi connectivity index (χ1n) is 9.18. The minimum absolute atomic E-state index is 0.102. The number of hydrogen-bond donors (Lipinski definition) is 1. The lowest BCUT2D eigenvalue weighted by atomic mass is 10.2. The summed E-state index contributed by atoms with van der Waals surface area (Å²) in [6, 6.07) is 12.9. The second-order valence-corrected chi connectivity index (χ2v) is 6.81. The lowest BCUT2D eigenvalue weighted by molar-refractivity contribution is 0.0745. The predicted molar refractivity (Wildman–Crippen MR) is 102 cm³/mol. The van der Waals surface area contributed by atoms with Gasteiger partial charge in [0.15, 0.2) is 5.69 Å². The summed E-state index contributed by atoms with van der Waals surface area (Å²) in [6.45, 7) is 1.28. The van der Waals surface area contributed by atoms with Crippen LogP contribution in [0.25, 0.3) is 0 Å². The zero-order chi connectivity index (χ0) is 20.4. The monoisotopic (exact) mass is 396 g/mol. The van der Waals surface area contributed by atoms with Crippen LogP contribution in [-0.2, 0) is 13.1 Å². The fraction of sp³-hybridized carbons (Fsp3) is 0.190. The molecule has 0 fully saturated rings. The van der Waals surface area contributed by atoms with Gasteiger partial charge in [-0.3, -0.25) is 14.3 Å². The Hall–Kier alpha value is -3.55. The van der Waals surface area contributed by atoms with Crippen molar-refractivity contribution in [1.29, 1.82) is 0 Å². The Morgan fingerprint density at radius 3 is 2.59 bits per heavy atom. The molecule has 6 nitrogen and oxygen atoms in total. The number of benzene rings is 2. The third kappa shape index (κ3) is 4.16. The summed E-state index contributed by atoms with van der Waals surface area (Å²) >= 11 is 0. The fourth-order valence-electron chi connectivity index (χ4n) is 3.28. The van der Waals surface area contributed by atoms with E-state index in [-0.39, 0.29) is 24.0 Å². The topological polar surface area (TPSA) is 67.2 Å². The van der Waals surface area contributed by atoms with Crippen molar-refractivity contribution in [2.75, 3.05) is 11.9 Å². The van der Waals surface area contributed by atoms with Crippen LogP contribution in [-0.4, -0.2) is 33.0 Å². The highest BCUT2D eigenvalue weighted by atomic mass is 19.1. The summed E-state index contributed by atoms with van der Waals surface area (Å²) in [6.07, 6.45) is 0.661. The molecule has 2 amide bonds. The Bertz CT molecular complexity index is 1060. The summed E-state index contributed by atoms with van der Waals surface area (Å²) in [5.74, 6) is -1.50. The number of nitrogens with zero attached hydrogens (tertiary/aromatic N) is 3. The minimum atomic E-state index is -0.485. The van der Waals surface area contributed by atoms with Gasteiger partial charge >= 0.3 is 0 Å². The molecule has 0 bridgehead atoms. The number of rotatable bonds is 4. The van der Waals surface area contributed by atoms with Crippen molar-refractivity contribution in [3.05, 3.63) is 83.2 Å². The van der Waals surface area contributed by atoms with Crippen LogP contribution in [0.1, 0.15) is 33.0 Å².